The third-order valence-corrected chi connectivity index (χ3v) is 6.99. The number of fused-ring (bicyclic) bond motifs is 2. The van der Waals surface area contributed by atoms with E-state index in [0.29, 0.717) is 17.5 Å². The average Bonchev–Trinajstić information content (AvgIpc) is 2.99. The molecule has 2 aliphatic rings. The van der Waals surface area contributed by atoms with E-state index < -0.39 is 5.41 Å². The molecule has 26 heavy (non-hydrogen) atoms. The van der Waals surface area contributed by atoms with Crippen molar-refractivity contribution in [2.24, 2.45) is 5.41 Å². The Kier molecular flexibility index (Phi) is 3.41. The third-order valence-electron chi connectivity index (χ3n) is 5.47. The highest BCUT2D eigenvalue weighted by Crippen LogP contribution is 2.59. The molecular formula is C23H16O2S. The second-order valence-corrected chi connectivity index (χ2v) is 8.02. The number of rotatable bonds is 1. The van der Waals surface area contributed by atoms with Crippen LogP contribution in [0.2, 0.25) is 0 Å². The monoisotopic (exact) mass is 356 g/mol. The van der Waals surface area contributed by atoms with Crippen LogP contribution in [-0.4, -0.2) is 11.6 Å². The Bertz CT molecular complexity index is 1040. The molecule has 1 aliphatic heterocycles. The first-order valence-electron chi connectivity index (χ1n) is 8.70. The van der Waals surface area contributed by atoms with E-state index in [0.717, 1.165) is 16.0 Å². The van der Waals surface area contributed by atoms with Crippen molar-refractivity contribution in [1.82, 2.24) is 0 Å². The molecule has 3 aromatic carbocycles. The number of Topliss-reactive ketones (excluding diaryl/α,β-unsaturated/α-hetero) is 2. The zero-order valence-corrected chi connectivity index (χ0v) is 14.8. The second kappa shape index (κ2) is 5.68. The lowest BCUT2D eigenvalue weighted by Gasteiger charge is -2.39. The number of carbonyl (C=O) groups excluding carboxylic acids is 2. The van der Waals surface area contributed by atoms with Crippen molar-refractivity contribution in [3.8, 4) is 0 Å². The van der Waals surface area contributed by atoms with Gasteiger partial charge >= 0.3 is 0 Å². The molecule has 1 heterocycles. The molecule has 2 nitrogen and oxygen atoms in total. The zero-order valence-electron chi connectivity index (χ0n) is 14.0. The van der Waals surface area contributed by atoms with Gasteiger partial charge in [0.2, 0.25) is 0 Å². The fraction of sp³-hybridized carbons (Fsp3) is 0.130. The van der Waals surface area contributed by atoms with Gasteiger partial charge in [0.1, 0.15) is 5.41 Å². The Balaban J connectivity index is 1.76. The van der Waals surface area contributed by atoms with Crippen molar-refractivity contribution < 1.29 is 9.59 Å². The predicted molar refractivity (Wildman–Crippen MR) is 103 cm³/mol. The first-order valence-corrected chi connectivity index (χ1v) is 9.58. The smallest absolute Gasteiger partial charge is 0.179 e. The minimum Gasteiger partial charge on any atom is -0.293 e. The van der Waals surface area contributed by atoms with Crippen LogP contribution in [0.3, 0.4) is 0 Å². The topological polar surface area (TPSA) is 34.1 Å². The van der Waals surface area contributed by atoms with Crippen molar-refractivity contribution in [2.45, 2.75) is 16.6 Å². The summed E-state index contributed by atoms with van der Waals surface area (Å²) < 4.78 is 0. The number of carbonyl (C=O) groups is 2. The summed E-state index contributed by atoms with van der Waals surface area (Å²) in [6.07, 6.45) is 0.474. The van der Waals surface area contributed by atoms with Crippen LogP contribution in [0.15, 0.2) is 83.8 Å². The summed E-state index contributed by atoms with van der Waals surface area (Å²) in [5, 5.41) is -0.217. The molecule has 0 saturated heterocycles. The first-order chi connectivity index (χ1) is 12.7. The van der Waals surface area contributed by atoms with Gasteiger partial charge in [0, 0.05) is 16.0 Å². The SMILES string of the molecule is O=C1c2ccccc2C[C@]12C(=O)c1ccccc1S[C@H]2c1ccccc1. The predicted octanol–water partition coefficient (Wildman–Crippen LogP) is 5.14. The minimum absolute atomic E-state index is 0.0334. The van der Waals surface area contributed by atoms with Gasteiger partial charge in [0.15, 0.2) is 11.6 Å². The molecule has 2 atom stereocenters. The summed E-state index contributed by atoms with van der Waals surface area (Å²) in [7, 11) is 0. The number of benzene rings is 3. The van der Waals surface area contributed by atoms with Crippen LogP contribution in [-0.2, 0) is 6.42 Å². The molecule has 0 radical (unpaired) electrons. The maximum Gasteiger partial charge on any atom is 0.179 e. The summed E-state index contributed by atoms with van der Waals surface area (Å²) >= 11 is 1.64. The van der Waals surface area contributed by atoms with E-state index in [1.807, 2.05) is 78.9 Å². The van der Waals surface area contributed by atoms with Crippen LogP contribution in [0.25, 0.3) is 0 Å². The summed E-state index contributed by atoms with van der Waals surface area (Å²) in [6, 6.07) is 25.3. The van der Waals surface area contributed by atoms with Crippen LogP contribution in [0.1, 0.15) is 37.1 Å². The van der Waals surface area contributed by atoms with Crippen molar-refractivity contribution >= 4 is 23.3 Å². The lowest BCUT2D eigenvalue weighted by atomic mass is 9.71. The van der Waals surface area contributed by atoms with Crippen molar-refractivity contribution in [1.29, 1.82) is 0 Å². The zero-order chi connectivity index (χ0) is 17.7. The van der Waals surface area contributed by atoms with Crippen LogP contribution < -0.4 is 0 Å². The summed E-state index contributed by atoms with van der Waals surface area (Å²) in [5.41, 5.74) is 2.32. The fourth-order valence-corrected chi connectivity index (χ4v) is 5.73. The summed E-state index contributed by atoms with van der Waals surface area (Å²) in [5.74, 6) is -0.0733. The van der Waals surface area contributed by atoms with Gasteiger partial charge in [-0.2, -0.15) is 0 Å². The van der Waals surface area contributed by atoms with E-state index in [1.165, 1.54) is 0 Å². The molecule has 0 N–H and O–H groups in total. The first kappa shape index (κ1) is 15.6. The molecule has 0 amide bonds. The Morgan fingerprint density at radius 3 is 2.12 bits per heavy atom. The van der Waals surface area contributed by atoms with Crippen LogP contribution in [0.4, 0.5) is 0 Å². The standard InChI is InChI=1S/C23H16O2S/c24-20-17-11-5-4-10-16(17)14-23(20)21(25)18-12-6-7-13-19(18)26-22(23)15-8-2-1-3-9-15/h1-13,22H,14H2/t22-,23+/m0/s1. The van der Waals surface area contributed by atoms with Crippen molar-refractivity contribution in [3.63, 3.8) is 0 Å². The van der Waals surface area contributed by atoms with Gasteiger partial charge in [-0.15, -0.1) is 11.8 Å². The van der Waals surface area contributed by atoms with Crippen LogP contribution in [0, 0.1) is 5.41 Å². The molecule has 126 valence electrons. The maximum atomic E-state index is 13.7. The molecule has 0 unspecified atom stereocenters. The number of ketones is 2. The minimum atomic E-state index is -1.05. The van der Waals surface area contributed by atoms with E-state index in [4.69, 9.17) is 0 Å². The van der Waals surface area contributed by atoms with Crippen molar-refractivity contribution in [3.05, 3.63) is 101 Å². The largest absolute Gasteiger partial charge is 0.293 e. The highest BCUT2D eigenvalue weighted by atomic mass is 32.2. The lowest BCUT2D eigenvalue weighted by Crippen LogP contribution is -2.44. The average molecular weight is 356 g/mol. The Morgan fingerprint density at radius 1 is 0.731 bits per heavy atom. The number of hydrogen-bond acceptors (Lipinski definition) is 3. The summed E-state index contributed by atoms with van der Waals surface area (Å²) in [6.45, 7) is 0. The Hall–Kier alpha value is -2.65. The fourth-order valence-electron chi connectivity index (χ4n) is 4.24. The Labute approximate surface area is 156 Å². The van der Waals surface area contributed by atoms with E-state index in [9.17, 15) is 9.59 Å². The van der Waals surface area contributed by atoms with Gasteiger partial charge in [-0.1, -0.05) is 72.8 Å². The molecule has 1 spiro atoms. The lowest BCUT2D eigenvalue weighted by molar-refractivity contribution is 0.0671. The number of hydrogen-bond donors (Lipinski definition) is 0. The molecule has 5 rings (SSSR count). The normalized spacial score (nSPS) is 23.8. The van der Waals surface area contributed by atoms with Gasteiger partial charge in [0.05, 0.1) is 5.25 Å². The molecule has 0 saturated carbocycles. The van der Waals surface area contributed by atoms with E-state index in [1.54, 1.807) is 11.8 Å². The van der Waals surface area contributed by atoms with E-state index in [2.05, 4.69) is 0 Å². The molecule has 3 aromatic rings. The van der Waals surface area contributed by atoms with Gasteiger partial charge in [-0.25, -0.2) is 0 Å². The highest BCUT2D eigenvalue weighted by molar-refractivity contribution is 7.99. The van der Waals surface area contributed by atoms with Gasteiger partial charge in [-0.3, -0.25) is 9.59 Å². The van der Waals surface area contributed by atoms with E-state index >= 15 is 0 Å². The van der Waals surface area contributed by atoms with Gasteiger partial charge < -0.3 is 0 Å². The quantitative estimate of drug-likeness (QED) is 0.566. The van der Waals surface area contributed by atoms with E-state index in [-0.39, 0.29) is 16.8 Å². The second-order valence-electron chi connectivity index (χ2n) is 6.87. The van der Waals surface area contributed by atoms with Gasteiger partial charge in [-0.05, 0) is 23.6 Å². The number of thioether (sulfide) groups is 1. The van der Waals surface area contributed by atoms with Crippen LogP contribution in [0.5, 0.6) is 0 Å². The maximum absolute atomic E-state index is 13.7. The highest BCUT2D eigenvalue weighted by Gasteiger charge is 2.59. The molecule has 1 aliphatic carbocycles. The summed E-state index contributed by atoms with van der Waals surface area (Å²) in [4.78, 5) is 28.2. The molecule has 3 heteroatoms. The van der Waals surface area contributed by atoms with Crippen LogP contribution >= 0.6 is 11.8 Å². The molecule has 0 aromatic heterocycles. The van der Waals surface area contributed by atoms with Gasteiger partial charge in [0.25, 0.3) is 0 Å². The third kappa shape index (κ3) is 2.01. The molecular weight excluding hydrogens is 340 g/mol. The molecule has 0 bridgehead atoms. The van der Waals surface area contributed by atoms with Crippen molar-refractivity contribution in [2.75, 3.05) is 0 Å². The Morgan fingerprint density at radius 2 is 1.35 bits per heavy atom. The molecule has 0 fully saturated rings.